The van der Waals surface area contributed by atoms with Crippen molar-refractivity contribution in [3.63, 3.8) is 0 Å². The largest absolute Gasteiger partial charge is 0.340 e. The highest BCUT2D eigenvalue weighted by molar-refractivity contribution is 6.05. The molecule has 32 heavy (non-hydrogen) atoms. The molecule has 1 aromatic carbocycles. The minimum atomic E-state index is -0.631. The Morgan fingerprint density at radius 1 is 1.25 bits per heavy atom. The molecule has 3 aliphatic rings. The van der Waals surface area contributed by atoms with Crippen LogP contribution in [0.4, 0.5) is 0 Å². The molecule has 2 saturated heterocycles. The summed E-state index contributed by atoms with van der Waals surface area (Å²) in [5.74, 6) is -0.818. The highest BCUT2D eigenvalue weighted by atomic mass is 16.2. The van der Waals surface area contributed by atoms with Crippen molar-refractivity contribution in [2.45, 2.75) is 63.8 Å². The Labute approximate surface area is 187 Å². The Kier molecular flexibility index (Phi) is 6.57. The number of nitrogens with zero attached hydrogens (tertiary/aromatic N) is 2. The number of imide groups is 1. The lowest BCUT2D eigenvalue weighted by atomic mass is 10.0. The number of amides is 4. The number of carbonyl (C=O) groups is 4. The van der Waals surface area contributed by atoms with Crippen molar-refractivity contribution in [1.29, 1.82) is 0 Å². The van der Waals surface area contributed by atoms with Gasteiger partial charge in [0.15, 0.2) is 0 Å². The highest BCUT2D eigenvalue weighted by Gasteiger charge is 2.39. The van der Waals surface area contributed by atoms with Gasteiger partial charge < -0.3 is 20.4 Å². The van der Waals surface area contributed by atoms with Crippen LogP contribution in [0.1, 0.15) is 54.1 Å². The van der Waals surface area contributed by atoms with Crippen LogP contribution in [-0.4, -0.2) is 71.7 Å². The summed E-state index contributed by atoms with van der Waals surface area (Å²) < 4.78 is 0. The quantitative estimate of drug-likeness (QED) is 0.542. The molecule has 3 aliphatic heterocycles. The first-order valence-corrected chi connectivity index (χ1v) is 11.3. The number of likely N-dealkylation sites (N-methyl/N-ethyl adjacent to an activating group) is 1. The predicted molar refractivity (Wildman–Crippen MR) is 117 cm³/mol. The average molecular weight is 442 g/mol. The Morgan fingerprint density at radius 2 is 2.06 bits per heavy atom. The molecule has 4 rings (SSSR count). The lowest BCUT2D eigenvalue weighted by molar-refractivity contribution is -0.137. The summed E-state index contributed by atoms with van der Waals surface area (Å²) in [5.41, 5.74) is 2.40. The van der Waals surface area contributed by atoms with Crippen LogP contribution in [0.25, 0.3) is 0 Å². The molecule has 3 N–H and O–H groups in total. The minimum Gasteiger partial charge on any atom is -0.340 e. The number of nitrogens with one attached hydrogen (secondary N) is 3. The van der Waals surface area contributed by atoms with Gasteiger partial charge in [-0.05, 0) is 50.4 Å². The summed E-state index contributed by atoms with van der Waals surface area (Å²) in [6, 6.07) is 4.91. The zero-order chi connectivity index (χ0) is 22.8. The number of rotatable bonds is 6. The van der Waals surface area contributed by atoms with Crippen molar-refractivity contribution in [3.8, 4) is 0 Å². The first-order chi connectivity index (χ1) is 15.4. The molecule has 172 valence electrons. The second-order valence-electron chi connectivity index (χ2n) is 8.86. The van der Waals surface area contributed by atoms with Crippen molar-refractivity contribution in [1.82, 2.24) is 25.8 Å². The first kappa shape index (κ1) is 22.4. The molecule has 0 saturated carbocycles. The molecule has 0 aromatic heterocycles. The van der Waals surface area contributed by atoms with Crippen molar-refractivity contribution in [2.24, 2.45) is 0 Å². The summed E-state index contributed by atoms with van der Waals surface area (Å²) in [4.78, 5) is 53.0. The van der Waals surface area contributed by atoms with E-state index in [4.69, 9.17) is 0 Å². The maximum absolute atomic E-state index is 13.0. The summed E-state index contributed by atoms with van der Waals surface area (Å²) in [7, 11) is 1.93. The number of benzene rings is 1. The van der Waals surface area contributed by atoms with Crippen LogP contribution in [0.3, 0.4) is 0 Å². The van der Waals surface area contributed by atoms with E-state index < -0.39 is 11.9 Å². The normalized spacial score (nSPS) is 24.4. The fraction of sp³-hybridized carbons (Fsp3) is 0.565. The van der Waals surface area contributed by atoms with Crippen molar-refractivity contribution >= 4 is 23.6 Å². The van der Waals surface area contributed by atoms with Crippen molar-refractivity contribution in [2.75, 3.05) is 20.1 Å². The van der Waals surface area contributed by atoms with E-state index >= 15 is 0 Å². The number of likely N-dealkylation sites (tertiary alicyclic amines) is 1. The molecule has 0 spiro atoms. The molecule has 9 heteroatoms. The Balaban J connectivity index is 1.41. The van der Waals surface area contributed by atoms with E-state index in [0.29, 0.717) is 31.1 Å². The Bertz CT molecular complexity index is 933. The smallest absolute Gasteiger partial charge is 0.255 e. The van der Waals surface area contributed by atoms with Crippen LogP contribution < -0.4 is 16.0 Å². The van der Waals surface area contributed by atoms with Crippen LogP contribution >= 0.6 is 0 Å². The van der Waals surface area contributed by atoms with E-state index in [1.807, 2.05) is 31.0 Å². The predicted octanol–water partition coefficient (Wildman–Crippen LogP) is 0.136. The van der Waals surface area contributed by atoms with E-state index in [9.17, 15) is 19.2 Å². The third-order valence-corrected chi connectivity index (χ3v) is 6.79. The van der Waals surface area contributed by atoms with Gasteiger partial charge in [0.1, 0.15) is 6.04 Å². The zero-order valence-corrected chi connectivity index (χ0v) is 18.6. The number of fused-ring (bicyclic) bond motifs is 1. The van der Waals surface area contributed by atoms with Gasteiger partial charge in [0.05, 0.1) is 6.04 Å². The highest BCUT2D eigenvalue weighted by Crippen LogP contribution is 2.29. The Hall–Kier alpha value is -2.78. The third kappa shape index (κ3) is 4.40. The van der Waals surface area contributed by atoms with Gasteiger partial charge >= 0.3 is 0 Å². The van der Waals surface area contributed by atoms with Crippen LogP contribution in [0.15, 0.2) is 18.2 Å². The Morgan fingerprint density at radius 3 is 2.81 bits per heavy atom. The molecule has 3 heterocycles. The maximum Gasteiger partial charge on any atom is 0.255 e. The number of piperidine rings is 2. The molecule has 2 unspecified atom stereocenters. The SMILES string of the molecule is CNC1CCCN(C(=O)[C@H](C)NCc2cccc3c2CN(C2CCC(=O)NC2=O)C3=O)C1. The fourth-order valence-corrected chi connectivity index (χ4v) is 4.85. The van der Waals surface area contributed by atoms with Gasteiger partial charge in [0.2, 0.25) is 17.7 Å². The molecule has 0 bridgehead atoms. The van der Waals surface area contributed by atoms with Gasteiger partial charge in [-0.25, -0.2) is 0 Å². The van der Waals surface area contributed by atoms with Crippen molar-refractivity contribution < 1.29 is 19.2 Å². The number of carbonyl (C=O) groups excluding carboxylic acids is 4. The van der Waals surface area contributed by atoms with Crippen LogP contribution in [0.2, 0.25) is 0 Å². The molecule has 1 aromatic rings. The molecular formula is C23H31N5O4. The van der Waals surface area contributed by atoms with Gasteiger partial charge in [0, 0.05) is 44.2 Å². The van der Waals surface area contributed by atoms with E-state index in [1.165, 1.54) is 0 Å². The molecular weight excluding hydrogens is 410 g/mol. The van der Waals surface area contributed by atoms with Gasteiger partial charge in [-0.3, -0.25) is 24.5 Å². The van der Waals surface area contributed by atoms with Crippen LogP contribution in [0, 0.1) is 0 Å². The molecule has 3 atom stereocenters. The molecule has 9 nitrogen and oxygen atoms in total. The minimum absolute atomic E-state index is 0.0822. The second kappa shape index (κ2) is 9.38. The van der Waals surface area contributed by atoms with Crippen molar-refractivity contribution in [3.05, 3.63) is 34.9 Å². The third-order valence-electron chi connectivity index (χ3n) is 6.79. The number of hydrogen-bond acceptors (Lipinski definition) is 6. The lowest BCUT2D eigenvalue weighted by Crippen LogP contribution is -2.52. The fourth-order valence-electron chi connectivity index (χ4n) is 4.85. The lowest BCUT2D eigenvalue weighted by Gasteiger charge is -2.34. The van der Waals surface area contributed by atoms with Crippen LogP contribution in [0.5, 0.6) is 0 Å². The van der Waals surface area contributed by atoms with Crippen LogP contribution in [-0.2, 0) is 27.5 Å². The summed E-state index contributed by atoms with van der Waals surface area (Å²) in [6.45, 7) is 4.15. The van der Waals surface area contributed by atoms with E-state index in [2.05, 4.69) is 16.0 Å². The van der Waals surface area contributed by atoms with E-state index in [-0.39, 0.29) is 30.2 Å². The monoisotopic (exact) mass is 441 g/mol. The van der Waals surface area contributed by atoms with Gasteiger partial charge in [0.25, 0.3) is 5.91 Å². The maximum atomic E-state index is 13.0. The summed E-state index contributed by atoms with van der Waals surface area (Å²) in [5, 5.41) is 8.90. The second-order valence-corrected chi connectivity index (χ2v) is 8.86. The summed E-state index contributed by atoms with van der Waals surface area (Å²) >= 11 is 0. The standard InChI is InChI=1S/C23H31N5O4/c1-14(22(31)27-10-4-6-16(12-27)24-2)25-11-15-5-3-7-17-18(15)13-28(23(17)32)19-8-9-20(29)26-21(19)30/h3,5,7,14,16,19,24-25H,4,6,8-13H2,1-2H3,(H,26,29,30)/t14-,16?,19?/m0/s1. The zero-order valence-electron chi connectivity index (χ0n) is 18.6. The molecule has 0 radical (unpaired) electrons. The van der Waals surface area contributed by atoms with Gasteiger partial charge in [-0.15, -0.1) is 0 Å². The van der Waals surface area contributed by atoms with Gasteiger partial charge in [-0.1, -0.05) is 12.1 Å². The molecule has 0 aliphatic carbocycles. The van der Waals surface area contributed by atoms with Gasteiger partial charge in [-0.2, -0.15) is 0 Å². The van der Waals surface area contributed by atoms with E-state index in [1.54, 1.807) is 11.0 Å². The number of hydrogen-bond donors (Lipinski definition) is 3. The molecule has 4 amide bonds. The summed E-state index contributed by atoms with van der Waals surface area (Å²) in [6.07, 6.45) is 2.65. The average Bonchev–Trinajstić information content (AvgIpc) is 3.13. The first-order valence-electron chi connectivity index (χ1n) is 11.3. The molecule has 2 fully saturated rings. The van der Waals surface area contributed by atoms with E-state index in [0.717, 1.165) is 37.1 Å². The topological polar surface area (TPSA) is 111 Å².